The number of carbonyl (C=O) groups excluding carboxylic acids is 2. The van der Waals surface area contributed by atoms with Gasteiger partial charge in [0.1, 0.15) is 5.75 Å². The van der Waals surface area contributed by atoms with E-state index >= 15 is 0 Å². The smallest absolute Gasteiger partial charge is 0.265 e. The van der Waals surface area contributed by atoms with Crippen molar-refractivity contribution in [3.8, 4) is 5.75 Å². The van der Waals surface area contributed by atoms with Crippen molar-refractivity contribution in [2.45, 2.75) is 52.7 Å². The van der Waals surface area contributed by atoms with E-state index in [0.717, 1.165) is 12.0 Å². The maximum absolute atomic E-state index is 12.7. The highest BCUT2D eigenvalue weighted by molar-refractivity contribution is 6.04. The highest BCUT2D eigenvalue weighted by Crippen LogP contribution is 2.19. The van der Waals surface area contributed by atoms with Crippen LogP contribution in [-0.4, -0.2) is 24.0 Å². The molecule has 2 amide bonds. The van der Waals surface area contributed by atoms with Crippen LogP contribution in [0.25, 0.3) is 0 Å². The second kappa shape index (κ2) is 9.76. The van der Waals surface area contributed by atoms with E-state index in [0.29, 0.717) is 23.4 Å². The summed E-state index contributed by atoms with van der Waals surface area (Å²) >= 11 is 0. The summed E-state index contributed by atoms with van der Waals surface area (Å²) in [4.78, 5) is 25.2. The summed E-state index contributed by atoms with van der Waals surface area (Å²) < 4.78 is 5.85. The molecule has 5 heteroatoms. The van der Waals surface area contributed by atoms with Crippen molar-refractivity contribution in [1.29, 1.82) is 0 Å². The first-order valence-corrected chi connectivity index (χ1v) is 9.38. The van der Waals surface area contributed by atoms with Crippen LogP contribution in [-0.2, 0) is 4.79 Å². The van der Waals surface area contributed by atoms with Crippen LogP contribution in [0, 0.1) is 6.92 Å². The van der Waals surface area contributed by atoms with E-state index in [1.165, 1.54) is 0 Å². The summed E-state index contributed by atoms with van der Waals surface area (Å²) in [7, 11) is 0. The van der Waals surface area contributed by atoms with Crippen molar-refractivity contribution in [1.82, 2.24) is 5.32 Å². The fraction of sp³-hybridized carbons (Fsp3) is 0.364. The first-order valence-electron chi connectivity index (χ1n) is 9.38. The van der Waals surface area contributed by atoms with E-state index in [-0.39, 0.29) is 17.9 Å². The minimum Gasteiger partial charge on any atom is -0.481 e. The molecule has 0 heterocycles. The second-order valence-electron chi connectivity index (χ2n) is 6.65. The molecule has 0 saturated carbocycles. The van der Waals surface area contributed by atoms with E-state index in [4.69, 9.17) is 4.74 Å². The van der Waals surface area contributed by atoms with Crippen LogP contribution in [0.5, 0.6) is 5.75 Å². The van der Waals surface area contributed by atoms with Crippen molar-refractivity contribution in [2.24, 2.45) is 0 Å². The second-order valence-corrected chi connectivity index (χ2v) is 6.65. The molecule has 2 N–H and O–H groups in total. The normalized spacial score (nSPS) is 12.7. The molecular formula is C22H28N2O3. The molecule has 144 valence electrons. The number of anilines is 1. The van der Waals surface area contributed by atoms with Crippen LogP contribution in [0.15, 0.2) is 48.5 Å². The van der Waals surface area contributed by atoms with Crippen LogP contribution >= 0.6 is 0 Å². The zero-order valence-electron chi connectivity index (χ0n) is 16.4. The van der Waals surface area contributed by atoms with Gasteiger partial charge in [0.15, 0.2) is 6.10 Å². The van der Waals surface area contributed by atoms with Crippen LogP contribution < -0.4 is 15.4 Å². The fourth-order valence-electron chi connectivity index (χ4n) is 2.58. The fourth-order valence-corrected chi connectivity index (χ4v) is 2.58. The van der Waals surface area contributed by atoms with Crippen molar-refractivity contribution in [3.05, 3.63) is 59.7 Å². The van der Waals surface area contributed by atoms with Crippen LogP contribution in [0.1, 0.15) is 49.5 Å². The zero-order chi connectivity index (χ0) is 19.8. The predicted molar refractivity (Wildman–Crippen MR) is 108 cm³/mol. The molecule has 2 rings (SSSR count). The van der Waals surface area contributed by atoms with Gasteiger partial charge in [-0.1, -0.05) is 38.1 Å². The van der Waals surface area contributed by atoms with E-state index in [1.807, 2.05) is 52.0 Å². The summed E-state index contributed by atoms with van der Waals surface area (Å²) in [6.07, 6.45) is 0.709. The maximum Gasteiger partial charge on any atom is 0.265 e. The third-order valence-corrected chi connectivity index (χ3v) is 4.35. The number of nitrogens with one attached hydrogen (secondary N) is 2. The third-order valence-electron chi connectivity index (χ3n) is 4.35. The van der Waals surface area contributed by atoms with Crippen LogP contribution in [0.3, 0.4) is 0 Å². The molecule has 0 radical (unpaired) electrons. The van der Waals surface area contributed by atoms with Gasteiger partial charge in [-0.2, -0.15) is 0 Å². The highest BCUT2D eigenvalue weighted by atomic mass is 16.5. The molecule has 2 aromatic carbocycles. The molecule has 0 saturated heterocycles. The molecule has 27 heavy (non-hydrogen) atoms. The van der Waals surface area contributed by atoms with Gasteiger partial charge in [0, 0.05) is 6.04 Å². The zero-order valence-corrected chi connectivity index (χ0v) is 16.4. The SMILES string of the molecule is CC[C@@H](C)NC(=O)c1ccccc1NC(=O)[C@@H](CC)Oc1cccc(C)c1. The van der Waals surface area contributed by atoms with Crippen molar-refractivity contribution in [3.63, 3.8) is 0 Å². The summed E-state index contributed by atoms with van der Waals surface area (Å²) in [5, 5.41) is 5.77. The number of aryl methyl sites for hydroxylation is 1. The first-order chi connectivity index (χ1) is 12.9. The number of rotatable bonds is 8. The number of hydrogen-bond acceptors (Lipinski definition) is 3. The Morgan fingerprint density at radius 2 is 1.78 bits per heavy atom. The number of ether oxygens (including phenoxy) is 1. The molecule has 0 spiro atoms. The predicted octanol–water partition coefficient (Wildman–Crippen LogP) is 4.32. The third kappa shape index (κ3) is 5.84. The van der Waals surface area contributed by atoms with Gasteiger partial charge in [-0.3, -0.25) is 9.59 Å². The van der Waals surface area contributed by atoms with Gasteiger partial charge >= 0.3 is 0 Å². The van der Waals surface area contributed by atoms with Gasteiger partial charge in [0.25, 0.3) is 11.8 Å². The van der Waals surface area contributed by atoms with Crippen LogP contribution in [0.2, 0.25) is 0 Å². The van der Waals surface area contributed by atoms with E-state index < -0.39 is 6.10 Å². The van der Waals surface area contributed by atoms with E-state index in [1.54, 1.807) is 24.3 Å². The average Bonchev–Trinajstić information content (AvgIpc) is 2.66. The number of carbonyl (C=O) groups is 2. The topological polar surface area (TPSA) is 67.4 Å². The minimum atomic E-state index is -0.641. The summed E-state index contributed by atoms with van der Waals surface area (Å²) in [5.41, 5.74) is 1.99. The van der Waals surface area contributed by atoms with Gasteiger partial charge < -0.3 is 15.4 Å². The van der Waals surface area contributed by atoms with Crippen LogP contribution in [0.4, 0.5) is 5.69 Å². The average molecular weight is 368 g/mol. The Morgan fingerprint density at radius 3 is 2.44 bits per heavy atom. The van der Waals surface area contributed by atoms with Crippen molar-refractivity contribution >= 4 is 17.5 Å². The molecule has 0 aliphatic carbocycles. The quantitative estimate of drug-likeness (QED) is 0.729. The summed E-state index contributed by atoms with van der Waals surface area (Å²) in [5.74, 6) is 0.176. The molecule has 0 fully saturated rings. The standard InChI is InChI=1S/C22H28N2O3/c1-5-16(4)23-21(25)18-12-7-8-13-19(18)24-22(26)20(6-2)27-17-11-9-10-15(3)14-17/h7-14,16,20H,5-6H2,1-4H3,(H,23,25)(H,24,26)/t16-,20-/m1/s1. The van der Waals surface area contributed by atoms with Gasteiger partial charge in [0.05, 0.1) is 11.3 Å². The van der Waals surface area contributed by atoms with Gasteiger partial charge in [-0.05, 0) is 56.5 Å². The molecule has 0 aliphatic heterocycles. The van der Waals surface area contributed by atoms with Gasteiger partial charge in [-0.25, -0.2) is 0 Å². The highest BCUT2D eigenvalue weighted by Gasteiger charge is 2.21. The Kier molecular flexibility index (Phi) is 7.41. The lowest BCUT2D eigenvalue weighted by atomic mass is 10.1. The first kappa shape index (κ1) is 20.5. The molecule has 2 aromatic rings. The summed E-state index contributed by atoms with van der Waals surface area (Å²) in [6.45, 7) is 7.82. The monoisotopic (exact) mass is 368 g/mol. The van der Waals surface area contributed by atoms with Crippen molar-refractivity contribution in [2.75, 3.05) is 5.32 Å². The van der Waals surface area contributed by atoms with Crippen molar-refractivity contribution < 1.29 is 14.3 Å². The number of para-hydroxylation sites is 1. The maximum atomic E-state index is 12.7. The van der Waals surface area contributed by atoms with E-state index in [2.05, 4.69) is 10.6 Å². The molecular weight excluding hydrogens is 340 g/mol. The summed E-state index contributed by atoms with van der Waals surface area (Å²) in [6, 6.07) is 14.6. The lowest BCUT2D eigenvalue weighted by Crippen LogP contribution is -2.35. The molecule has 0 unspecified atom stereocenters. The minimum absolute atomic E-state index is 0.0642. The largest absolute Gasteiger partial charge is 0.481 e. The van der Waals surface area contributed by atoms with Gasteiger partial charge in [0.2, 0.25) is 0 Å². The molecule has 0 aromatic heterocycles. The molecule has 2 atom stereocenters. The Labute approximate surface area is 161 Å². The molecule has 5 nitrogen and oxygen atoms in total. The Bertz CT molecular complexity index is 789. The lowest BCUT2D eigenvalue weighted by molar-refractivity contribution is -0.122. The number of benzene rings is 2. The number of hydrogen-bond donors (Lipinski definition) is 2. The molecule has 0 bridgehead atoms. The lowest BCUT2D eigenvalue weighted by Gasteiger charge is -2.19. The van der Waals surface area contributed by atoms with E-state index in [9.17, 15) is 9.59 Å². The Morgan fingerprint density at radius 1 is 1.04 bits per heavy atom. The molecule has 0 aliphatic rings. The number of amides is 2. The Hall–Kier alpha value is -2.82. The van der Waals surface area contributed by atoms with Gasteiger partial charge in [-0.15, -0.1) is 0 Å². The Balaban J connectivity index is 2.13.